The molecule has 2 saturated carbocycles. The van der Waals surface area contributed by atoms with Crippen LogP contribution in [0.2, 0.25) is 18.6 Å². The highest BCUT2D eigenvalue weighted by molar-refractivity contribution is 6.76. The van der Waals surface area contributed by atoms with Gasteiger partial charge in [0.1, 0.15) is 8.24 Å². The van der Waals surface area contributed by atoms with Crippen LogP contribution in [0.15, 0.2) is 48.5 Å². The number of hydrogen-bond donors (Lipinski definition) is 2. The summed E-state index contributed by atoms with van der Waals surface area (Å²) in [4.78, 5) is 4.14. The van der Waals surface area contributed by atoms with Gasteiger partial charge in [-0.15, -0.1) is 0 Å². The third-order valence-corrected chi connectivity index (χ3v) is 15.8. The van der Waals surface area contributed by atoms with E-state index in [0.29, 0.717) is 29.6 Å². The summed E-state index contributed by atoms with van der Waals surface area (Å²) in [7, 11) is -1.69. The molecule has 2 aromatic rings. The van der Waals surface area contributed by atoms with E-state index in [1.54, 1.807) is 0 Å². The molecule has 0 aromatic heterocycles. The Hall–Kier alpha value is -1.42. The van der Waals surface area contributed by atoms with Crippen molar-refractivity contribution in [3.63, 3.8) is 0 Å². The number of rotatable bonds is 7. The van der Waals surface area contributed by atoms with E-state index in [4.69, 9.17) is 0 Å². The van der Waals surface area contributed by atoms with Gasteiger partial charge in [-0.25, -0.2) is 0 Å². The fraction of sp³-hybridized carbons (Fsp3) is 0.692. The maximum atomic E-state index is 4.14. The predicted octanol–water partition coefficient (Wildman–Crippen LogP) is 10.3. The first kappa shape index (κ1) is 33.5. The Kier molecular flexibility index (Phi) is 9.70. The van der Waals surface area contributed by atoms with Crippen LogP contribution < -0.4 is 10.3 Å². The van der Waals surface area contributed by atoms with Gasteiger partial charge >= 0.3 is 0 Å². The zero-order valence-corrected chi connectivity index (χ0v) is 30.6. The molecule has 4 rings (SSSR count). The van der Waals surface area contributed by atoms with Gasteiger partial charge in [-0.05, 0) is 129 Å². The van der Waals surface area contributed by atoms with Crippen molar-refractivity contribution >= 4 is 8.24 Å². The van der Waals surface area contributed by atoms with Crippen LogP contribution in [0.3, 0.4) is 0 Å². The Bertz CT molecular complexity index is 1170. The van der Waals surface area contributed by atoms with Crippen molar-refractivity contribution in [1.29, 1.82) is 0 Å². The molecular formula is C39H64N2Si. The molecule has 2 aromatic carbocycles. The van der Waals surface area contributed by atoms with E-state index in [9.17, 15) is 0 Å². The second-order valence-electron chi connectivity index (χ2n) is 17.4. The van der Waals surface area contributed by atoms with Crippen molar-refractivity contribution in [3.05, 3.63) is 59.7 Å². The summed E-state index contributed by atoms with van der Waals surface area (Å²) < 4.78 is 0. The SMILES string of the molecule is CC1C(C)C(CNC(C)(C)C)C(c2ccc(-c3ccc(C4C(C)C(C)C(C)C4[Si](C)(C)NC(C)(C)C)cc3)cc2)C1C. The summed E-state index contributed by atoms with van der Waals surface area (Å²) in [6.07, 6.45) is 0. The Morgan fingerprint density at radius 2 is 0.976 bits per heavy atom. The van der Waals surface area contributed by atoms with E-state index in [0.717, 1.165) is 35.8 Å². The summed E-state index contributed by atoms with van der Waals surface area (Å²) in [6, 6.07) is 19.3. The lowest BCUT2D eigenvalue weighted by Crippen LogP contribution is -2.58. The minimum absolute atomic E-state index is 0.153. The highest BCUT2D eigenvalue weighted by atomic mass is 28.3. The fourth-order valence-electron chi connectivity index (χ4n) is 9.45. The normalized spacial score (nSPS) is 34.2. The molecule has 2 N–H and O–H groups in total. The molecule has 2 fully saturated rings. The summed E-state index contributed by atoms with van der Waals surface area (Å²) in [6.45, 7) is 35.1. The Labute approximate surface area is 261 Å². The average molecular weight is 589 g/mol. The van der Waals surface area contributed by atoms with Crippen molar-refractivity contribution in [2.75, 3.05) is 6.54 Å². The van der Waals surface area contributed by atoms with Gasteiger partial charge in [-0.2, -0.15) is 0 Å². The number of benzene rings is 2. The quantitative estimate of drug-likeness (QED) is 0.314. The molecule has 2 aliphatic carbocycles. The standard InChI is InChI=1S/C39H64N2Si/c1-24-26(3)34(23-40-38(7,8)9)35(27(24)4)32-19-15-30(16-20-32)31-17-21-33(22-18-31)36-28(5)25(2)29(6)37(36)42(13,14)41-39(10,11)12/h15-22,24-29,34-37,40-41H,23H2,1-14H3. The maximum absolute atomic E-state index is 4.14. The van der Waals surface area contributed by atoms with Crippen molar-refractivity contribution in [3.8, 4) is 11.1 Å². The van der Waals surface area contributed by atoms with Crippen molar-refractivity contribution in [1.82, 2.24) is 10.3 Å². The molecule has 234 valence electrons. The van der Waals surface area contributed by atoms with E-state index in [1.807, 2.05) is 0 Å². The fourth-order valence-corrected chi connectivity index (χ4v) is 14.6. The molecule has 0 amide bonds. The second-order valence-corrected chi connectivity index (χ2v) is 21.7. The summed E-state index contributed by atoms with van der Waals surface area (Å²) in [5, 5.41) is 3.83. The summed E-state index contributed by atoms with van der Waals surface area (Å²) >= 11 is 0. The predicted molar refractivity (Wildman–Crippen MR) is 188 cm³/mol. The van der Waals surface area contributed by atoms with Crippen LogP contribution in [0.25, 0.3) is 11.1 Å². The average Bonchev–Trinajstić information content (AvgIpc) is 3.25. The molecule has 0 heterocycles. The zero-order chi connectivity index (χ0) is 31.4. The highest BCUT2D eigenvalue weighted by Crippen LogP contribution is 2.58. The molecule has 10 unspecified atom stereocenters. The van der Waals surface area contributed by atoms with E-state index in [1.165, 1.54) is 22.3 Å². The Morgan fingerprint density at radius 1 is 0.548 bits per heavy atom. The first-order chi connectivity index (χ1) is 19.3. The van der Waals surface area contributed by atoms with Gasteiger partial charge in [0, 0.05) is 11.1 Å². The molecule has 0 radical (unpaired) electrons. The zero-order valence-electron chi connectivity index (χ0n) is 29.6. The maximum Gasteiger partial charge on any atom is 0.123 e. The monoisotopic (exact) mass is 588 g/mol. The minimum atomic E-state index is -1.69. The van der Waals surface area contributed by atoms with Gasteiger partial charge in [0.05, 0.1) is 0 Å². The van der Waals surface area contributed by atoms with Crippen molar-refractivity contribution in [2.45, 2.75) is 125 Å². The molecular weight excluding hydrogens is 525 g/mol. The molecule has 0 bridgehead atoms. The largest absolute Gasteiger partial charge is 0.332 e. The molecule has 0 spiro atoms. The van der Waals surface area contributed by atoms with Crippen LogP contribution in [0.1, 0.15) is 106 Å². The summed E-state index contributed by atoms with van der Waals surface area (Å²) in [5.41, 5.74) is 6.77. The van der Waals surface area contributed by atoms with Crippen molar-refractivity contribution in [2.24, 2.45) is 41.4 Å². The Balaban J connectivity index is 1.56. The molecule has 0 saturated heterocycles. The van der Waals surface area contributed by atoms with Gasteiger partial charge in [-0.3, -0.25) is 0 Å². The Morgan fingerprint density at radius 3 is 1.43 bits per heavy atom. The van der Waals surface area contributed by atoms with Crippen molar-refractivity contribution < 1.29 is 0 Å². The lowest BCUT2D eigenvalue weighted by molar-refractivity contribution is 0.294. The van der Waals surface area contributed by atoms with Crippen LogP contribution in [0.4, 0.5) is 0 Å². The van der Waals surface area contributed by atoms with E-state index < -0.39 is 8.24 Å². The molecule has 0 aliphatic heterocycles. The van der Waals surface area contributed by atoms with E-state index in [-0.39, 0.29) is 11.1 Å². The molecule has 3 heteroatoms. The number of hydrogen-bond acceptors (Lipinski definition) is 2. The lowest BCUT2D eigenvalue weighted by Gasteiger charge is -2.42. The molecule has 2 aliphatic rings. The first-order valence-electron chi connectivity index (χ1n) is 17.1. The van der Waals surface area contributed by atoms with Gasteiger partial charge < -0.3 is 10.3 Å². The van der Waals surface area contributed by atoms with Crippen LogP contribution >= 0.6 is 0 Å². The van der Waals surface area contributed by atoms with E-state index >= 15 is 0 Å². The van der Waals surface area contributed by atoms with Crippen LogP contribution in [-0.2, 0) is 0 Å². The third-order valence-electron chi connectivity index (χ3n) is 11.9. The smallest absolute Gasteiger partial charge is 0.123 e. The molecule has 2 nitrogen and oxygen atoms in total. The molecule has 42 heavy (non-hydrogen) atoms. The van der Waals surface area contributed by atoms with E-state index in [2.05, 4.69) is 155 Å². The highest BCUT2D eigenvalue weighted by Gasteiger charge is 2.52. The van der Waals surface area contributed by atoms with Gasteiger partial charge in [0.25, 0.3) is 0 Å². The topological polar surface area (TPSA) is 24.1 Å². The summed E-state index contributed by atoms with van der Waals surface area (Å²) in [5.74, 6) is 6.25. The van der Waals surface area contributed by atoms with Gasteiger partial charge in [-0.1, -0.05) is 103 Å². The second kappa shape index (κ2) is 12.2. The first-order valence-corrected chi connectivity index (χ1v) is 20.1. The minimum Gasteiger partial charge on any atom is -0.332 e. The van der Waals surface area contributed by atoms with Gasteiger partial charge in [0.15, 0.2) is 0 Å². The van der Waals surface area contributed by atoms with Crippen LogP contribution in [0.5, 0.6) is 0 Å². The molecule has 10 atom stereocenters. The van der Waals surface area contributed by atoms with Gasteiger partial charge in [0.2, 0.25) is 0 Å². The van der Waals surface area contributed by atoms with Crippen LogP contribution in [0, 0.1) is 41.4 Å². The number of nitrogens with one attached hydrogen (secondary N) is 2. The van der Waals surface area contributed by atoms with Crippen LogP contribution in [-0.4, -0.2) is 25.9 Å². The third kappa shape index (κ3) is 6.94. The lowest BCUT2D eigenvalue weighted by atomic mass is 9.81.